The van der Waals surface area contributed by atoms with E-state index in [-0.39, 0.29) is 0 Å². The second-order valence-corrected chi connectivity index (χ2v) is 4.56. The van der Waals surface area contributed by atoms with Gasteiger partial charge in [0.05, 0.1) is 12.2 Å². The van der Waals surface area contributed by atoms with Crippen LogP contribution >= 0.6 is 0 Å². The van der Waals surface area contributed by atoms with Crippen molar-refractivity contribution in [3.8, 4) is 0 Å². The molecule has 0 aliphatic carbocycles. The molecule has 0 bridgehead atoms. The van der Waals surface area contributed by atoms with Gasteiger partial charge in [0.2, 0.25) is 0 Å². The predicted octanol–water partition coefficient (Wildman–Crippen LogP) is 2.67. The molecule has 3 atom stereocenters. The molecule has 0 aromatic rings. The number of morpholine rings is 1. The molecule has 0 aromatic carbocycles. The molecule has 0 saturated carbocycles. The van der Waals surface area contributed by atoms with Crippen LogP contribution in [0.3, 0.4) is 0 Å². The van der Waals surface area contributed by atoms with E-state index in [1.54, 1.807) is 0 Å². The van der Waals surface area contributed by atoms with Crippen LogP contribution in [0, 0.1) is 0 Å². The number of ether oxygens (including phenoxy) is 1. The first-order chi connectivity index (χ1) is 6.67. The Morgan fingerprint density at radius 1 is 1.21 bits per heavy atom. The van der Waals surface area contributed by atoms with Crippen molar-refractivity contribution in [1.82, 2.24) is 4.90 Å². The molecule has 1 heterocycles. The van der Waals surface area contributed by atoms with Gasteiger partial charge < -0.3 is 4.74 Å². The average molecular weight is 199 g/mol. The van der Waals surface area contributed by atoms with Crippen LogP contribution in [-0.2, 0) is 4.74 Å². The summed E-state index contributed by atoms with van der Waals surface area (Å²) in [6.07, 6.45) is 4.70. The number of nitrogens with zero attached hydrogens (tertiary/aromatic N) is 1. The molecule has 0 spiro atoms. The summed E-state index contributed by atoms with van der Waals surface area (Å²) in [5, 5.41) is 0. The van der Waals surface area contributed by atoms with Crippen LogP contribution in [0.5, 0.6) is 0 Å². The fourth-order valence-electron chi connectivity index (χ4n) is 2.49. The van der Waals surface area contributed by atoms with Crippen molar-refractivity contribution in [3.63, 3.8) is 0 Å². The Labute approximate surface area is 88.6 Å². The molecule has 0 amide bonds. The van der Waals surface area contributed by atoms with Crippen molar-refractivity contribution >= 4 is 0 Å². The van der Waals surface area contributed by atoms with E-state index in [4.69, 9.17) is 4.74 Å². The minimum Gasteiger partial charge on any atom is -0.373 e. The minimum atomic E-state index is 0.407. The molecule has 1 fully saturated rings. The van der Waals surface area contributed by atoms with Gasteiger partial charge in [0.15, 0.2) is 0 Å². The smallest absolute Gasteiger partial charge is 0.0678 e. The first kappa shape index (κ1) is 12.0. The SMILES string of the molecule is CCC[C@H](CC)N1CC(C)OC(C)C1. The first-order valence-electron chi connectivity index (χ1n) is 6.06. The predicted molar refractivity (Wildman–Crippen MR) is 60.6 cm³/mol. The quantitative estimate of drug-likeness (QED) is 0.690. The summed E-state index contributed by atoms with van der Waals surface area (Å²) in [5.41, 5.74) is 0. The van der Waals surface area contributed by atoms with Crippen molar-refractivity contribution in [2.24, 2.45) is 0 Å². The van der Waals surface area contributed by atoms with Gasteiger partial charge >= 0.3 is 0 Å². The zero-order valence-electron chi connectivity index (χ0n) is 10.1. The monoisotopic (exact) mass is 199 g/mol. The van der Waals surface area contributed by atoms with Crippen LogP contribution in [0.1, 0.15) is 47.0 Å². The maximum Gasteiger partial charge on any atom is 0.0678 e. The number of hydrogen-bond donors (Lipinski definition) is 0. The summed E-state index contributed by atoms with van der Waals surface area (Å²) < 4.78 is 5.75. The van der Waals surface area contributed by atoms with Gasteiger partial charge in [0, 0.05) is 19.1 Å². The van der Waals surface area contributed by atoms with Gasteiger partial charge in [-0.1, -0.05) is 20.3 Å². The van der Waals surface area contributed by atoms with Gasteiger partial charge in [0.25, 0.3) is 0 Å². The molecule has 0 N–H and O–H groups in total. The van der Waals surface area contributed by atoms with Crippen molar-refractivity contribution in [2.75, 3.05) is 13.1 Å². The Bertz CT molecular complexity index is 150. The van der Waals surface area contributed by atoms with Crippen molar-refractivity contribution in [3.05, 3.63) is 0 Å². The Kier molecular flexibility index (Phi) is 4.90. The zero-order chi connectivity index (χ0) is 10.6. The molecule has 2 unspecified atom stereocenters. The van der Waals surface area contributed by atoms with Gasteiger partial charge in [-0.3, -0.25) is 4.90 Å². The van der Waals surface area contributed by atoms with Crippen LogP contribution in [0.4, 0.5) is 0 Å². The highest BCUT2D eigenvalue weighted by atomic mass is 16.5. The largest absolute Gasteiger partial charge is 0.373 e. The van der Waals surface area contributed by atoms with Gasteiger partial charge in [-0.15, -0.1) is 0 Å². The van der Waals surface area contributed by atoms with Crippen molar-refractivity contribution in [1.29, 1.82) is 0 Å². The fraction of sp³-hybridized carbons (Fsp3) is 1.00. The third-order valence-corrected chi connectivity index (χ3v) is 3.06. The van der Waals surface area contributed by atoms with E-state index < -0.39 is 0 Å². The number of hydrogen-bond acceptors (Lipinski definition) is 2. The third-order valence-electron chi connectivity index (χ3n) is 3.06. The second kappa shape index (κ2) is 5.72. The Balaban J connectivity index is 2.47. The standard InChI is InChI=1S/C12H25NO/c1-5-7-12(6-2)13-8-10(3)14-11(4)9-13/h10-12H,5-9H2,1-4H3/t10?,11?,12-/m0/s1. The van der Waals surface area contributed by atoms with Gasteiger partial charge in [-0.25, -0.2) is 0 Å². The lowest BCUT2D eigenvalue weighted by atomic mass is 10.1. The molecule has 84 valence electrons. The summed E-state index contributed by atoms with van der Waals surface area (Å²) in [5.74, 6) is 0. The van der Waals surface area contributed by atoms with Crippen LogP contribution in [0.2, 0.25) is 0 Å². The molecule has 0 aromatic heterocycles. The van der Waals surface area contributed by atoms with E-state index in [1.807, 2.05) is 0 Å². The van der Waals surface area contributed by atoms with E-state index in [1.165, 1.54) is 19.3 Å². The van der Waals surface area contributed by atoms with Crippen LogP contribution in [0.25, 0.3) is 0 Å². The molecular formula is C12H25NO. The van der Waals surface area contributed by atoms with E-state index >= 15 is 0 Å². The normalized spacial score (nSPS) is 31.7. The Hall–Kier alpha value is -0.0800. The summed E-state index contributed by atoms with van der Waals surface area (Å²) in [6.45, 7) is 11.2. The van der Waals surface area contributed by atoms with Crippen molar-refractivity contribution in [2.45, 2.75) is 65.2 Å². The van der Waals surface area contributed by atoms with Crippen molar-refractivity contribution < 1.29 is 4.74 Å². The molecular weight excluding hydrogens is 174 g/mol. The van der Waals surface area contributed by atoms with E-state index in [9.17, 15) is 0 Å². The van der Waals surface area contributed by atoms with Gasteiger partial charge in [0.1, 0.15) is 0 Å². The zero-order valence-corrected chi connectivity index (χ0v) is 10.1. The summed E-state index contributed by atoms with van der Waals surface area (Å²) >= 11 is 0. The average Bonchev–Trinajstić information content (AvgIpc) is 2.12. The highest BCUT2D eigenvalue weighted by Crippen LogP contribution is 2.18. The highest BCUT2D eigenvalue weighted by Gasteiger charge is 2.26. The molecule has 1 saturated heterocycles. The first-order valence-corrected chi connectivity index (χ1v) is 6.06. The minimum absolute atomic E-state index is 0.407. The lowest BCUT2D eigenvalue weighted by molar-refractivity contribution is -0.0816. The molecule has 1 aliphatic heterocycles. The molecule has 2 nitrogen and oxygen atoms in total. The fourth-order valence-corrected chi connectivity index (χ4v) is 2.49. The second-order valence-electron chi connectivity index (χ2n) is 4.56. The van der Waals surface area contributed by atoms with Crippen LogP contribution < -0.4 is 0 Å². The molecule has 1 rings (SSSR count). The Morgan fingerprint density at radius 3 is 2.21 bits per heavy atom. The van der Waals surface area contributed by atoms with E-state index in [0.29, 0.717) is 12.2 Å². The van der Waals surface area contributed by atoms with E-state index in [2.05, 4.69) is 32.6 Å². The van der Waals surface area contributed by atoms with Crippen LogP contribution in [-0.4, -0.2) is 36.2 Å². The summed E-state index contributed by atoms with van der Waals surface area (Å²) in [7, 11) is 0. The molecule has 0 radical (unpaired) electrons. The highest BCUT2D eigenvalue weighted by molar-refractivity contribution is 4.78. The van der Waals surface area contributed by atoms with Gasteiger partial charge in [-0.05, 0) is 26.7 Å². The maximum absolute atomic E-state index is 5.75. The molecule has 2 heteroatoms. The lowest BCUT2D eigenvalue weighted by Crippen LogP contribution is -2.49. The molecule has 14 heavy (non-hydrogen) atoms. The maximum atomic E-state index is 5.75. The van der Waals surface area contributed by atoms with Crippen LogP contribution in [0.15, 0.2) is 0 Å². The topological polar surface area (TPSA) is 12.5 Å². The van der Waals surface area contributed by atoms with Gasteiger partial charge in [-0.2, -0.15) is 0 Å². The molecule has 1 aliphatic rings. The van der Waals surface area contributed by atoms with E-state index in [0.717, 1.165) is 19.1 Å². The summed E-state index contributed by atoms with van der Waals surface area (Å²) in [4.78, 5) is 2.61. The lowest BCUT2D eigenvalue weighted by Gasteiger charge is -2.40. The Morgan fingerprint density at radius 2 is 1.79 bits per heavy atom. The summed E-state index contributed by atoms with van der Waals surface area (Å²) in [6, 6.07) is 0.772. The number of rotatable bonds is 4. The third kappa shape index (κ3) is 3.25.